The third-order valence-corrected chi connectivity index (χ3v) is 4.78. The molecule has 1 aromatic carbocycles. The van der Waals surface area contributed by atoms with Crippen molar-refractivity contribution in [3.05, 3.63) is 35.4 Å². The lowest BCUT2D eigenvalue weighted by Gasteiger charge is -2.33. The number of hydrogen-bond donors (Lipinski definition) is 2. The third-order valence-electron chi connectivity index (χ3n) is 4.78. The van der Waals surface area contributed by atoms with Crippen LogP contribution in [-0.4, -0.2) is 30.1 Å². The number of carbonyl (C=O) groups is 2. The summed E-state index contributed by atoms with van der Waals surface area (Å²) in [5, 5.41) is 12.4. The van der Waals surface area contributed by atoms with E-state index in [1.54, 1.807) is 0 Å². The molecule has 1 heterocycles. The molecule has 2 aliphatic rings. The van der Waals surface area contributed by atoms with Crippen LogP contribution in [-0.2, 0) is 9.59 Å². The van der Waals surface area contributed by atoms with Crippen molar-refractivity contribution in [3.63, 3.8) is 0 Å². The average molecular weight is 315 g/mol. The predicted molar refractivity (Wildman–Crippen MR) is 86.1 cm³/mol. The molecule has 122 valence electrons. The molecular formula is C18H21NO4. The van der Waals surface area contributed by atoms with E-state index in [0.717, 1.165) is 30.6 Å². The van der Waals surface area contributed by atoms with E-state index < -0.39 is 11.4 Å². The number of ether oxygens (including phenoxy) is 1. The van der Waals surface area contributed by atoms with Gasteiger partial charge in [-0.2, -0.15) is 0 Å². The molecule has 5 heteroatoms. The highest BCUT2D eigenvalue weighted by atomic mass is 16.5. The third kappa shape index (κ3) is 3.23. The van der Waals surface area contributed by atoms with Crippen molar-refractivity contribution < 1.29 is 19.4 Å². The van der Waals surface area contributed by atoms with Gasteiger partial charge < -0.3 is 15.2 Å². The summed E-state index contributed by atoms with van der Waals surface area (Å²) in [5.41, 5.74) is 0.580. The number of para-hydroxylation sites is 1. The summed E-state index contributed by atoms with van der Waals surface area (Å²) in [6.07, 6.45) is 5.94. The predicted octanol–water partition coefficient (Wildman–Crippen LogP) is 2.61. The molecule has 3 rings (SSSR count). The summed E-state index contributed by atoms with van der Waals surface area (Å²) >= 11 is 0. The number of benzene rings is 1. The zero-order valence-corrected chi connectivity index (χ0v) is 13.0. The molecule has 0 radical (unpaired) electrons. The van der Waals surface area contributed by atoms with E-state index >= 15 is 0 Å². The first-order valence-electron chi connectivity index (χ1n) is 8.05. The van der Waals surface area contributed by atoms with Crippen molar-refractivity contribution in [1.29, 1.82) is 0 Å². The van der Waals surface area contributed by atoms with Crippen LogP contribution in [0.3, 0.4) is 0 Å². The molecule has 1 aromatic rings. The Balaban J connectivity index is 1.68. The second-order valence-electron chi connectivity index (χ2n) is 6.32. The van der Waals surface area contributed by atoms with Crippen LogP contribution in [0.25, 0.3) is 6.08 Å². The van der Waals surface area contributed by atoms with Crippen LogP contribution in [0.15, 0.2) is 29.8 Å². The SMILES string of the molecule is O=C(NCC1(C(=O)O)CCCCC1)C1=Cc2ccccc2OC1. The molecule has 0 unspecified atom stereocenters. The van der Waals surface area contributed by atoms with E-state index in [4.69, 9.17) is 4.74 Å². The lowest BCUT2D eigenvalue weighted by molar-refractivity contribution is -0.150. The summed E-state index contributed by atoms with van der Waals surface area (Å²) in [7, 11) is 0. The minimum Gasteiger partial charge on any atom is -0.488 e. The van der Waals surface area contributed by atoms with Crippen LogP contribution in [0.1, 0.15) is 37.7 Å². The Bertz CT molecular complexity index is 644. The maximum Gasteiger partial charge on any atom is 0.311 e. The summed E-state index contributed by atoms with van der Waals surface area (Å²) in [6.45, 7) is 0.392. The van der Waals surface area contributed by atoms with Gasteiger partial charge in [-0.3, -0.25) is 9.59 Å². The zero-order valence-electron chi connectivity index (χ0n) is 13.0. The first kappa shape index (κ1) is 15.6. The first-order chi connectivity index (χ1) is 11.1. The van der Waals surface area contributed by atoms with Crippen LogP contribution in [0.4, 0.5) is 0 Å². The van der Waals surface area contributed by atoms with E-state index in [0.29, 0.717) is 18.4 Å². The van der Waals surface area contributed by atoms with E-state index in [1.807, 2.05) is 30.3 Å². The number of amides is 1. The number of fused-ring (bicyclic) bond motifs is 1. The number of carbonyl (C=O) groups excluding carboxylic acids is 1. The summed E-state index contributed by atoms with van der Waals surface area (Å²) < 4.78 is 5.58. The minimum absolute atomic E-state index is 0.181. The number of carboxylic acids is 1. The van der Waals surface area contributed by atoms with Gasteiger partial charge in [0.05, 0.1) is 11.0 Å². The molecule has 1 fully saturated rings. The fourth-order valence-electron chi connectivity index (χ4n) is 3.31. The van der Waals surface area contributed by atoms with Gasteiger partial charge in [0.15, 0.2) is 0 Å². The number of hydrogen-bond acceptors (Lipinski definition) is 3. The Labute approximate surface area is 135 Å². The maximum absolute atomic E-state index is 12.4. The Morgan fingerprint density at radius 1 is 1.17 bits per heavy atom. The highest BCUT2D eigenvalue weighted by Gasteiger charge is 2.40. The monoisotopic (exact) mass is 315 g/mol. The van der Waals surface area contributed by atoms with Crippen LogP contribution in [0.5, 0.6) is 5.75 Å². The van der Waals surface area contributed by atoms with Gasteiger partial charge in [-0.15, -0.1) is 0 Å². The van der Waals surface area contributed by atoms with Gasteiger partial charge in [-0.1, -0.05) is 37.5 Å². The largest absolute Gasteiger partial charge is 0.488 e. The number of carboxylic acid groups (broad SMARTS) is 1. The molecule has 1 aliphatic carbocycles. The molecule has 0 bridgehead atoms. The fourth-order valence-corrected chi connectivity index (χ4v) is 3.31. The summed E-state index contributed by atoms with van der Waals surface area (Å²) in [5.74, 6) is -0.291. The molecule has 0 saturated heterocycles. The van der Waals surface area contributed by atoms with E-state index in [1.165, 1.54) is 0 Å². The van der Waals surface area contributed by atoms with Crippen molar-refractivity contribution >= 4 is 18.0 Å². The normalized spacial score (nSPS) is 19.0. The minimum atomic E-state index is -0.818. The summed E-state index contributed by atoms with van der Waals surface area (Å²) in [6, 6.07) is 7.53. The van der Waals surface area contributed by atoms with Crippen LogP contribution < -0.4 is 10.1 Å². The van der Waals surface area contributed by atoms with Gasteiger partial charge in [0.25, 0.3) is 5.91 Å². The molecule has 23 heavy (non-hydrogen) atoms. The van der Waals surface area contributed by atoms with E-state index in [-0.39, 0.29) is 19.1 Å². The highest BCUT2D eigenvalue weighted by Crippen LogP contribution is 2.36. The molecule has 0 spiro atoms. The van der Waals surface area contributed by atoms with Crippen molar-refractivity contribution in [2.24, 2.45) is 5.41 Å². The molecule has 0 atom stereocenters. The fraction of sp³-hybridized carbons (Fsp3) is 0.444. The van der Waals surface area contributed by atoms with E-state index in [2.05, 4.69) is 5.32 Å². The van der Waals surface area contributed by atoms with Gasteiger partial charge >= 0.3 is 5.97 Å². The molecule has 5 nitrogen and oxygen atoms in total. The van der Waals surface area contributed by atoms with Crippen molar-refractivity contribution in [1.82, 2.24) is 5.32 Å². The smallest absolute Gasteiger partial charge is 0.311 e. The number of rotatable bonds is 4. The quantitative estimate of drug-likeness (QED) is 0.895. The zero-order chi connectivity index (χ0) is 16.3. The van der Waals surface area contributed by atoms with Crippen molar-refractivity contribution in [2.45, 2.75) is 32.1 Å². The van der Waals surface area contributed by atoms with Crippen LogP contribution >= 0.6 is 0 Å². The van der Waals surface area contributed by atoms with E-state index in [9.17, 15) is 14.7 Å². The molecule has 2 N–H and O–H groups in total. The van der Waals surface area contributed by atoms with Gasteiger partial charge in [-0.25, -0.2) is 0 Å². The number of aliphatic carboxylic acids is 1. The van der Waals surface area contributed by atoms with Crippen LogP contribution in [0, 0.1) is 5.41 Å². The lowest BCUT2D eigenvalue weighted by Crippen LogP contribution is -2.45. The Hall–Kier alpha value is -2.30. The highest BCUT2D eigenvalue weighted by molar-refractivity contribution is 5.99. The van der Waals surface area contributed by atoms with Crippen molar-refractivity contribution in [3.8, 4) is 5.75 Å². The van der Waals surface area contributed by atoms with Gasteiger partial charge in [-0.05, 0) is 25.0 Å². The van der Waals surface area contributed by atoms with Crippen LogP contribution in [0.2, 0.25) is 0 Å². The standard InChI is InChI=1S/C18H21NO4/c20-16(14-10-13-6-2-3-7-15(13)23-11-14)19-12-18(17(21)22)8-4-1-5-9-18/h2-3,6-7,10H,1,4-5,8-9,11-12H2,(H,19,20)(H,21,22). The Morgan fingerprint density at radius 2 is 1.91 bits per heavy atom. The van der Waals surface area contributed by atoms with Gasteiger partial charge in [0.2, 0.25) is 0 Å². The molecule has 1 amide bonds. The lowest BCUT2D eigenvalue weighted by atomic mass is 9.74. The molecule has 1 aliphatic heterocycles. The summed E-state index contributed by atoms with van der Waals surface area (Å²) in [4.78, 5) is 24.0. The second kappa shape index (κ2) is 6.44. The molecule has 0 aromatic heterocycles. The van der Waals surface area contributed by atoms with Gasteiger partial charge in [0, 0.05) is 12.1 Å². The Kier molecular flexibility index (Phi) is 4.37. The second-order valence-corrected chi connectivity index (χ2v) is 6.32. The van der Waals surface area contributed by atoms with Crippen molar-refractivity contribution in [2.75, 3.05) is 13.2 Å². The molecular weight excluding hydrogens is 294 g/mol. The molecule has 1 saturated carbocycles. The first-order valence-corrected chi connectivity index (χ1v) is 8.05. The number of nitrogens with one attached hydrogen (secondary N) is 1. The average Bonchev–Trinajstić information content (AvgIpc) is 2.60. The maximum atomic E-state index is 12.4. The van der Waals surface area contributed by atoms with Gasteiger partial charge in [0.1, 0.15) is 12.4 Å². The topological polar surface area (TPSA) is 75.6 Å². The Morgan fingerprint density at radius 3 is 2.65 bits per heavy atom.